The lowest BCUT2D eigenvalue weighted by Crippen LogP contribution is -2.36. The van der Waals surface area contributed by atoms with Crippen molar-refractivity contribution in [2.45, 2.75) is 26.8 Å². The molecule has 1 fully saturated rings. The van der Waals surface area contributed by atoms with Crippen molar-refractivity contribution in [2.75, 3.05) is 37.6 Å². The van der Waals surface area contributed by atoms with Gasteiger partial charge in [-0.15, -0.1) is 0 Å². The van der Waals surface area contributed by atoms with Gasteiger partial charge in [0.2, 0.25) is 0 Å². The van der Waals surface area contributed by atoms with Crippen LogP contribution in [0, 0.1) is 0 Å². The summed E-state index contributed by atoms with van der Waals surface area (Å²) in [5.41, 5.74) is 3.58. The lowest BCUT2D eigenvalue weighted by molar-refractivity contribution is 0.0950. The Kier molecular flexibility index (Phi) is 7.17. The number of aryl methyl sites for hydroxylation is 1. The van der Waals surface area contributed by atoms with Gasteiger partial charge in [0, 0.05) is 49.9 Å². The molecule has 1 saturated heterocycles. The van der Waals surface area contributed by atoms with Crippen molar-refractivity contribution in [2.24, 2.45) is 0 Å². The van der Waals surface area contributed by atoms with Crippen LogP contribution in [0.2, 0.25) is 0 Å². The second-order valence-electron chi connectivity index (χ2n) is 8.00. The molecule has 3 aromatic rings. The number of benzene rings is 1. The lowest BCUT2D eigenvalue weighted by atomic mass is 10.2. The van der Waals surface area contributed by atoms with Crippen LogP contribution in [0.1, 0.15) is 35.5 Å². The van der Waals surface area contributed by atoms with Crippen molar-refractivity contribution in [1.29, 1.82) is 0 Å². The minimum absolute atomic E-state index is 0.0778. The summed E-state index contributed by atoms with van der Waals surface area (Å²) in [4.78, 5) is 33.3. The summed E-state index contributed by atoms with van der Waals surface area (Å²) in [5.74, 6) is 0.850. The Labute approximate surface area is 202 Å². The molecule has 33 heavy (non-hydrogen) atoms. The van der Waals surface area contributed by atoms with Gasteiger partial charge in [-0.3, -0.25) is 9.20 Å². The Balaban J connectivity index is 1.56. The smallest absolute Gasteiger partial charge is 0.317 e. The summed E-state index contributed by atoms with van der Waals surface area (Å²) in [6.07, 6.45) is 2.66. The molecule has 0 unspecified atom stereocenters. The second-order valence-corrected chi connectivity index (χ2v) is 8.92. The largest absolute Gasteiger partial charge is 0.352 e. The molecule has 4 rings (SSSR count). The summed E-state index contributed by atoms with van der Waals surface area (Å²) in [7, 11) is 0. The van der Waals surface area contributed by atoms with Gasteiger partial charge in [0.05, 0.1) is 11.3 Å². The number of nitrogens with zero attached hydrogens (tertiary/aromatic N) is 4. The first-order valence-corrected chi connectivity index (χ1v) is 12.1. The van der Waals surface area contributed by atoms with E-state index >= 15 is 0 Å². The molecule has 8 nitrogen and oxygen atoms in total. The number of aromatic nitrogens is 2. The van der Waals surface area contributed by atoms with Crippen molar-refractivity contribution in [1.82, 2.24) is 24.9 Å². The predicted molar refractivity (Wildman–Crippen MR) is 133 cm³/mol. The zero-order valence-electron chi connectivity index (χ0n) is 19.0. The Morgan fingerprint density at radius 2 is 2.12 bits per heavy atom. The van der Waals surface area contributed by atoms with Crippen LogP contribution in [-0.2, 0) is 13.0 Å². The van der Waals surface area contributed by atoms with Gasteiger partial charge < -0.3 is 20.4 Å². The standard InChI is InChI=1S/C24H29BrN6O2/c1-3-20-23(29(4-2)15-17-6-5-7-19(25)14-17)31-16-18(8-9-21(31)28-20)22(32)26-10-12-30-13-11-27-24(30)33/h5-9,14,16H,3-4,10-13,15H2,1-2H3,(H,26,32)(H,27,33). The summed E-state index contributed by atoms with van der Waals surface area (Å²) in [5, 5.41) is 5.69. The van der Waals surface area contributed by atoms with E-state index in [2.05, 4.69) is 57.4 Å². The molecule has 0 bridgehead atoms. The Morgan fingerprint density at radius 3 is 2.82 bits per heavy atom. The molecule has 0 radical (unpaired) electrons. The van der Waals surface area contributed by atoms with Crippen molar-refractivity contribution >= 4 is 39.3 Å². The summed E-state index contributed by atoms with van der Waals surface area (Å²) in [6.45, 7) is 8.00. The van der Waals surface area contributed by atoms with Crippen molar-refractivity contribution < 1.29 is 9.59 Å². The van der Waals surface area contributed by atoms with Crippen LogP contribution in [0.5, 0.6) is 0 Å². The van der Waals surface area contributed by atoms with Crippen LogP contribution >= 0.6 is 15.9 Å². The van der Waals surface area contributed by atoms with Crippen molar-refractivity contribution in [3.63, 3.8) is 0 Å². The highest BCUT2D eigenvalue weighted by Gasteiger charge is 2.20. The first-order chi connectivity index (χ1) is 16.0. The topological polar surface area (TPSA) is 82.0 Å². The normalized spacial score (nSPS) is 13.4. The van der Waals surface area contributed by atoms with Gasteiger partial charge in [0.25, 0.3) is 5.91 Å². The van der Waals surface area contributed by atoms with E-state index < -0.39 is 0 Å². The molecular formula is C24H29BrN6O2. The third kappa shape index (κ3) is 5.13. The first kappa shape index (κ1) is 23.1. The Bertz CT molecular complexity index is 1160. The average molecular weight is 513 g/mol. The number of carbonyl (C=O) groups excluding carboxylic acids is 2. The van der Waals surface area contributed by atoms with E-state index in [9.17, 15) is 9.59 Å². The third-order valence-electron chi connectivity index (χ3n) is 5.82. The number of rotatable bonds is 9. The fourth-order valence-electron chi connectivity index (χ4n) is 4.11. The fraction of sp³-hybridized carbons (Fsp3) is 0.375. The summed E-state index contributed by atoms with van der Waals surface area (Å²) >= 11 is 3.56. The maximum Gasteiger partial charge on any atom is 0.317 e. The lowest BCUT2D eigenvalue weighted by Gasteiger charge is -2.24. The number of anilines is 1. The van der Waals surface area contributed by atoms with Gasteiger partial charge in [0.15, 0.2) is 0 Å². The fourth-order valence-corrected chi connectivity index (χ4v) is 4.56. The summed E-state index contributed by atoms with van der Waals surface area (Å²) < 4.78 is 3.07. The van der Waals surface area contributed by atoms with E-state index in [1.165, 1.54) is 5.56 Å². The SMILES string of the molecule is CCc1nc2ccc(C(=O)NCCN3CCNC3=O)cn2c1N(CC)Cc1cccc(Br)c1. The molecule has 174 valence electrons. The highest BCUT2D eigenvalue weighted by atomic mass is 79.9. The number of fused-ring (bicyclic) bond motifs is 1. The molecular weight excluding hydrogens is 484 g/mol. The van der Waals surface area contributed by atoms with Gasteiger partial charge in [-0.25, -0.2) is 9.78 Å². The molecule has 9 heteroatoms. The van der Waals surface area contributed by atoms with Crippen LogP contribution in [0.4, 0.5) is 10.6 Å². The maximum absolute atomic E-state index is 12.8. The highest BCUT2D eigenvalue weighted by molar-refractivity contribution is 9.10. The number of hydrogen-bond donors (Lipinski definition) is 2. The van der Waals surface area contributed by atoms with E-state index in [4.69, 9.17) is 4.98 Å². The van der Waals surface area contributed by atoms with Crippen LogP contribution in [0.15, 0.2) is 47.1 Å². The van der Waals surface area contributed by atoms with Gasteiger partial charge >= 0.3 is 6.03 Å². The monoisotopic (exact) mass is 512 g/mol. The van der Waals surface area contributed by atoms with Gasteiger partial charge in [-0.2, -0.15) is 0 Å². The zero-order chi connectivity index (χ0) is 23.4. The second kappa shape index (κ2) is 10.2. The molecule has 3 heterocycles. The number of nitrogens with one attached hydrogen (secondary N) is 2. The number of amides is 3. The number of halogens is 1. The van der Waals surface area contributed by atoms with Crippen molar-refractivity contribution in [3.8, 4) is 0 Å². The molecule has 2 N–H and O–H groups in total. The minimum Gasteiger partial charge on any atom is -0.352 e. The van der Waals surface area contributed by atoms with Crippen LogP contribution in [0.3, 0.4) is 0 Å². The average Bonchev–Trinajstić information content (AvgIpc) is 3.39. The Hall–Kier alpha value is -3.07. The first-order valence-electron chi connectivity index (χ1n) is 11.3. The van der Waals surface area contributed by atoms with Gasteiger partial charge in [0.1, 0.15) is 11.5 Å². The van der Waals surface area contributed by atoms with E-state index in [0.29, 0.717) is 31.7 Å². The van der Waals surface area contributed by atoms with Gasteiger partial charge in [-0.05, 0) is 43.2 Å². The molecule has 1 aliphatic rings. The number of imidazole rings is 1. The molecule has 0 saturated carbocycles. The maximum atomic E-state index is 12.8. The molecule has 2 aromatic heterocycles. The zero-order valence-corrected chi connectivity index (χ0v) is 20.6. The third-order valence-corrected chi connectivity index (χ3v) is 6.31. The molecule has 0 spiro atoms. The van der Waals surface area contributed by atoms with Gasteiger partial charge in [-0.1, -0.05) is 35.0 Å². The molecule has 0 atom stereocenters. The van der Waals surface area contributed by atoms with Crippen LogP contribution < -0.4 is 15.5 Å². The highest BCUT2D eigenvalue weighted by Crippen LogP contribution is 2.26. The molecule has 1 aromatic carbocycles. The Morgan fingerprint density at radius 1 is 1.27 bits per heavy atom. The predicted octanol–water partition coefficient (Wildman–Crippen LogP) is 3.44. The number of hydrogen-bond acceptors (Lipinski definition) is 4. The van der Waals surface area contributed by atoms with Crippen LogP contribution in [0.25, 0.3) is 5.65 Å². The van der Waals surface area contributed by atoms with E-state index in [-0.39, 0.29) is 11.9 Å². The molecule has 3 amide bonds. The number of pyridine rings is 1. The quantitative estimate of drug-likeness (QED) is 0.460. The molecule has 1 aliphatic heterocycles. The number of carbonyl (C=O) groups is 2. The van der Waals surface area contributed by atoms with E-state index in [1.54, 1.807) is 11.0 Å². The molecule has 0 aliphatic carbocycles. The van der Waals surface area contributed by atoms with E-state index in [1.807, 2.05) is 28.8 Å². The number of urea groups is 1. The summed E-state index contributed by atoms with van der Waals surface area (Å²) in [6, 6.07) is 11.9. The van der Waals surface area contributed by atoms with E-state index in [0.717, 1.165) is 41.1 Å². The van der Waals surface area contributed by atoms with Crippen LogP contribution in [-0.4, -0.2) is 58.9 Å². The minimum atomic E-state index is -0.163. The van der Waals surface area contributed by atoms with Crippen molar-refractivity contribution in [3.05, 3.63) is 63.9 Å².